The topological polar surface area (TPSA) is 72.9 Å². The lowest BCUT2D eigenvalue weighted by atomic mass is 10.0. The second-order valence-corrected chi connectivity index (χ2v) is 5.43. The molecule has 0 aromatic rings. The van der Waals surface area contributed by atoms with Gasteiger partial charge in [0.15, 0.2) is 0 Å². The van der Waals surface area contributed by atoms with Crippen molar-refractivity contribution in [3.8, 4) is 0 Å². The fourth-order valence-electron chi connectivity index (χ4n) is 3.52. The Balaban J connectivity index is 1.76. The maximum absolute atomic E-state index is 12.3. The lowest BCUT2D eigenvalue weighted by Crippen LogP contribution is -2.50. The van der Waals surface area contributed by atoms with Crippen LogP contribution in [0.15, 0.2) is 0 Å². The molecule has 0 spiro atoms. The van der Waals surface area contributed by atoms with Gasteiger partial charge < -0.3 is 20.2 Å². The average Bonchev–Trinajstić information content (AvgIpc) is 2.94. The number of rotatable bonds is 2. The van der Waals surface area contributed by atoms with Crippen molar-refractivity contribution in [1.29, 1.82) is 0 Å². The van der Waals surface area contributed by atoms with Crippen LogP contribution in [0.5, 0.6) is 0 Å². The molecule has 0 aromatic heterocycles. The monoisotopic (exact) mass is 253 g/mol. The Kier molecular flexibility index (Phi) is 2.89. The number of hydrogen-bond acceptors (Lipinski definition) is 3. The summed E-state index contributed by atoms with van der Waals surface area (Å²) in [5.74, 6) is -1.13. The molecule has 6 nitrogen and oxygen atoms in total. The molecule has 2 heterocycles. The van der Waals surface area contributed by atoms with E-state index < -0.39 is 5.97 Å². The molecule has 3 aliphatic rings. The normalized spacial score (nSPS) is 36.0. The molecule has 3 atom stereocenters. The van der Waals surface area contributed by atoms with Gasteiger partial charge in [0.2, 0.25) is 0 Å². The van der Waals surface area contributed by atoms with Crippen molar-refractivity contribution in [2.75, 3.05) is 26.2 Å². The highest BCUT2D eigenvalue weighted by molar-refractivity contribution is 5.79. The van der Waals surface area contributed by atoms with Crippen LogP contribution in [-0.4, -0.2) is 65.2 Å². The van der Waals surface area contributed by atoms with E-state index in [1.54, 1.807) is 0 Å². The molecule has 0 aromatic carbocycles. The van der Waals surface area contributed by atoms with Gasteiger partial charge in [-0.05, 0) is 12.8 Å². The first-order valence-corrected chi connectivity index (χ1v) is 6.69. The summed E-state index contributed by atoms with van der Waals surface area (Å²) < 4.78 is 0. The predicted molar refractivity (Wildman–Crippen MR) is 64.2 cm³/mol. The highest BCUT2D eigenvalue weighted by Crippen LogP contribution is 2.33. The smallest absolute Gasteiger partial charge is 0.320 e. The Labute approximate surface area is 106 Å². The zero-order valence-electron chi connectivity index (χ0n) is 10.3. The van der Waals surface area contributed by atoms with Gasteiger partial charge in [-0.15, -0.1) is 0 Å². The Bertz CT molecular complexity index is 374. The van der Waals surface area contributed by atoms with E-state index in [9.17, 15) is 14.7 Å². The summed E-state index contributed by atoms with van der Waals surface area (Å²) in [4.78, 5) is 27.3. The number of carboxylic acid groups (broad SMARTS) is 1. The molecule has 3 rings (SSSR count). The van der Waals surface area contributed by atoms with Crippen molar-refractivity contribution < 1.29 is 14.7 Å². The predicted octanol–water partition coefficient (Wildman–Crippen LogP) is -0.0509. The van der Waals surface area contributed by atoms with Gasteiger partial charge in [-0.25, -0.2) is 4.79 Å². The number of carbonyl (C=O) groups excluding carboxylic acids is 1. The van der Waals surface area contributed by atoms with Crippen molar-refractivity contribution in [2.24, 2.45) is 5.92 Å². The fraction of sp³-hybridized carbons (Fsp3) is 0.833. The van der Waals surface area contributed by atoms with Crippen LogP contribution >= 0.6 is 0 Å². The van der Waals surface area contributed by atoms with Crippen molar-refractivity contribution in [3.05, 3.63) is 0 Å². The molecule has 18 heavy (non-hydrogen) atoms. The molecule has 2 N–H and O–H groups in total. The third kappa shape index (κ3) is 1.75. The molecule has 6 heteroatoms. The van der Waals surface area contributed by atoms with Crippen LogP contribution in [0.4, 0.5) is 4.79 Å². The number of hydrogen-bond donors (Lipinski definition) is 2. The molecular formula is C12H19N3O3. The summed E-state index contributed by atoms with van der Waals surface area (Å²) in [7, 11) is 0. The number of nitrogens with zero attached hydrogens (tertiary/aromatic N) is 2. The molecule has 2 saturated heterocycles. The fourth-order valence-corrected chi connectivity index (χ4v) is 3.52. The average molecular weight is 253 g/mol. The first kappa shape index (κ1) is 11.8. The minimum Gasteiger partial charge on any atom is -0.481 e. The summed E-state index contributed by atoms with van der Waals surface area (Å²) in [5, 5.41) is 12.5. The maximum atomic E-state index is 12.3. The molecular weight excluding hydrogens is 234 g/mol. The van der Waals surface area contributed by atoms with Gasteiger partial charge >= 0.3 is 12.0 Å². The number of nitrogens with one attached hydrogen (secondary N) is 1. The number of carboxylic acids is 1. The second kappa shape index (κ2) is 4.42. The van der Waals surface area contributed by atoms with E-state index in [0.717, 1.165) is 32.5 Å². The van der Waals surface area contributed by atoms with Crippen LogP contribution in [0.25, 0.3) is 0 Å². The van der Waals surface area contributed by atoms with Gasteiger partial charge in [-0.1, -0.05) is 6.42 Å². The van der Waals surface area contributed by atoms with Crippen LogP contribution < -0.4 is 5.32 Å². The van der Waals surface area contributed by atoms with Gasteiger partial charge in [-0.2, -0.15) is 0 Å². The largest absolute Gasteiger partial charge is 0.481 e. The van der Waals surface area contributed by atoms with Crippen LogP contribution in [0.1, 0.15) is 19.3 Å². The molecule has 1 saturated carbocycles. The summed E-state index contributed by atoms with van der Waals surface area (Å²) >= 11 is 0. The van der Waals surface area contributed by atoms with Gasteiger partial charge in [0.05, 0.1) is 12.0 Å². The Morgan fingerprint density at radius 2 is 2.17 bits per heavy atom. The van der Waals surface area contributed by atoms with E-state index in [4.69, 9.17) is 0 Å². The van der Waals surface area contributed by atoms with E-state index in [0.29, 0.717) is 13.0 Å². The molecule has 2 amide bonds. The second-order valence-electron chi connectivity index (χ2n) is 5.43. The van der Waals surface area contributed by atoms with E-state index in [2.05, 4.69) is 5.32 Å². The minimum atomic E-state index is -0.756. The SMILES string of the molecule is O=C(O)[C@@H]1CCC[C@H]1N1C[C@@H]2CNCCN2C1=O. The molecule has 0 bridgehead atoms. The number of carbonyl (C=O) groups is 2. The van der Waals surface area contributed by atoms with Crippen LogP contribution in [-0.2, 0) is 4.79 Å². The Morgan fingerprint density at radius 1 is 1.33 bits per heavy atom. The number of aliphatic carboxylic acids is 1. The molecule has 0 unspecified atom stereocenters. The third-order valence-corrected chi connectivity index (χ3v) is 4.45. The van der Waals surface area contributed by atoms with E-state index >= 15 is 0 Å². The number of urea groups is 1. The van der Waals surface area contributed by atoms with E-state index in [-0.39, 0.29) is 24.0 Å². The molecule has 0 radical (unpaired) electrons. The van der Waals surface area contributed by atoms with Crippen LogP contribution in [0.2, 0.25) is 0 Å². The third-order valence-electron chi connectivity index (χ3n) is 4.45. The maximum Gasteiger partial charge on any atom is 0.320 e. The van der Waals surface area contributed by atoms with E-state index in [1.165, 1.54) is 0 Å². The number of fused-ring (bicyclic) bond motifs is 1. The molecule has 100 valence electrons. The van der Waals surface area contributed by atoms with E-state index in [1.807, 2.05) is 9.80 Å². The summed E-state index contributed by atoms with van der Waals surface area (Å²) in [6, 6.07) is 0.168. The van der Waals surface area contributed by atoms with Crippen LogP contribution in [0.3, 0.4) is 0 Å². The quantitative estimate of drug-likeness (QED) is 0.723. The van der Waals surface area contributed by atoms with Crippen LogP contribution in [0, 0.1) is 5.92 Å². The molecule has 1 aliphatic carbocycles. The summed E-state index contributed by atoms with van der Waals surface area (Å²) in [5.41, 5.74) is 0. The van der Waals surface area contributed by atoms with Crippen molar-refractivity contribution >= 4 is 12.0 Å². The highest BCUT2D eigenvalue weighted by atomic mass is 16.4. The minimum absolute atomic E-state index is 0.0413. The van der Waals surface area contributed by atoms with Gasteiger partial charge in [0, 0.05) is 32.2 Å². The standard InChI is InChI=1S/C12H19N3O3/c16-11(17)9-2-1-3-10(9)15-7-8-6-13-4-5-14(8)12(15)18/h8-10,13H,1-7H2,(H,16,17)/t8-,9+,10+/m0/s1. The van der Waals surface area contributed by atoms with Gasteiger partial charge in [0.1, 0.15) is 0 Å². The molecule has 2 aliphatic heterocycles. The zero-order valence-corrected chi connectivity index (χ0v) is 10.3. The first-order valence-electron chi connectivity index (χ1n) is 6.69. The summed E-state index contributed by atoms with van der Waals surface area (Å²) in [6.07, 6.45) is 2.44. The molecule has 3 fully saturated rings. The van der Waals surface area contributed by atoms with Gasteiger partial charge in [-0.3, -0.25) is 4.79 Å². The highest BCUT2D eigenvalue weighted by Gasteiger charge is 2.46. The number of piperazine rings is 1. The lowest BCUT2D eigenvalue weighted by Gasteiger charge is -2.29. The number of amides is 2. The summed E-state index contributed by atoms with van der Waals surface area (Å²) in [6.45, 7) is 3.08. The Morgan fingerprint density at radius 3 is 2.89 bits per heavy atom. The van der Waals surface area contributed by atoms with Crippen molar-refractivity contribution in [3.63, 3.8) is 0 Å². The van der Waals surface area contributed by atoms with Crippen molar-refractivity contribution in [1.82, 2.24) is 15.1 Å². The Hall–Kier alpha value is -1.30. The van der Waals surface area contributed by atoms with Crippen molar-refractivity contribution in [2.45, 2.75) is 31.3 Å². The van der Waals surface area contributed by atoms with Gasteiger partial charge in [0.25, 0.3) is 0 Å². The lowest BCUT2D eigenvalue weighted by molar-refractivity contribution is -0.142. The first-order chi connectivity index (χ1) is 8.68. The zero-order chi connectivity index (χ0) is 12.7.